The second-order valence-corrected chi connectivity index (χ2v) is 9.99. The summed E-state index contributed by atoms with van der Waals surface area (Å²) < 4.78 is 6.02. The summed E-state index contributed by atoms with van der Waals surface area (Å²) in [6, 6.07) is 19.9. The molecule has 37 heavy (non-hydrogen) atoms. The van der Waals surface area contributed by atoms with Crippen molar-refractivity contribution in [2.45, 2.75) is 33.0 Å². The summed E-state index contributed by atoms with van der Waals surface area (Å²) in [7, 11) is 0. The van der Waals surface area contributed by atoms with Gasteiger partial charge in [0.2, 0.25) is 5.78 Å². The van der Waals surface area contributed by atoms with Crippen molar-refractivity contribution in [3.8, 4) is 5.75 Å². The van der Waals surface area contributed by atoms with E-state index in [1.165, 1.54) is 16.2 Å². The van der Waals surface area contributed by atoms with Gasteiger partial charge in [0.05, 0.1) is 27.2 Å². The Balaban J connectivity index is 1.53. The molecular formula is C29H25N3O4S. The average molecular weight is 512 g/mol. The molecule has 0 radical (unpaired) electrons. The summed E-state index contributed by atoms with van der Waals surface area (Å²) in [5, 5.41) is 11.7. The topological polar surface area (TPSA) is 92.6 Å². The average Bonchev–Trinajstić information content (AvgIpc) is 3.38. The molecule has 2 aromatic heterocycles. The first-order valence-electron chi connectivity index (χ1n) is 11.8. The van der Waals surface area contributed by atoms with Crippen molar-refractivity contribution in [1.29, 1.82) is 0 Å². The van der Waals surface area contributed by atoms with E-state index in [1.54, 1.807) is 25.4 Å². The molecule has 5 rings (SSSR count). The third-order valence-corrected chi connectivity index (χ3v) is 7.23. The molecule has 4 aromatic rings. The van der Waals surface area contributed by atoms with Crippen LogP contribution in [0.15, 0.2) is 90.5 Å². The van der Waals surface area contributed by atoms with E-state index in [0.29, 0.717) is 28.5 Å². The number of Topliss-reactive ketones (excluding diaryl/α,β-unsaturated/α-hetero) is 1. The van der Waals surface area contributed by atoms with Gasteiger partial charge in [0.25, 0.3) is 5.91 Å². The standard InChI is InChI=1S/C29H25N3O4S/c1-18-28(37-19(2)31-18)26(33)24-25(32(29(35)27(24)34)16-21-10-7-13-30-15-21)22-11-6-12-23(14-22)36-17-20-8-4-3-5-9-20/h3-15,25,34H,16-17H2,1-2H3. The lowest BCUT2D eigenvalue weighted by Gasteiger charge is -2.27. The molecule has 1 N–H and O–H groups in total. The molecule has 0 spiro atoms. The molecular weight excluding hydrogens is 486 g/mol. The number of thiazole rings is 1. The number of amides is 1. The van der Waals surface area contributed by atoms with Crippen LogP contribution in [0.4, 0.5) is 0 Å². The van der Waals surface area contributed by atoms with Crippen molar-refractivity contribution in [3.05, 3.63) is 123 Å². The number of aliphatic hydroxyl groups excluding tert-OH is 1. The maximum Gasteiger partial charge on any atom is 0.290 e. The number of ketones is 1. The van der Waals surface area contributed by atoms with E-state index in [2.05, 4.69) is 9.97 Å². The first-order valence-corrected chi connectivity index (χ1v) is 12.6. The number of nitrogens with zero attached hydrogens (tertiary/aromatic N) is 3. The number of carbonyl (C=O) groups is 2. The van der Waals surface area contributed by atoms with E-state index in [1.807, 2.05) is 67.6 Å². The second-order valence-electron chi connectivity index (χ2n) is 8.78. The van der Waals surface area contributed by atoms with Gasteiger partial charge < -0.3 is 14.7 Å². The number of carbonyl (C=O) groups excluding carboxylic acids is 2. The number of hydrogen-bond acceptors (Lipinski definition) is 7. The van der Waals surface area contributed by atoms with Gasteiger partial charge in [-0.05, 0) is 48.7 Å². The van der Waals surface area contributed by atoms with Gasteiger partial charge in [0, 0.05) is 18.9 Å². The first kappa shape index (κ1) is 24.4. The van der Waals surface area contributed by atoms with E-state index in [4.69, 9.17) is 4.74 Å². The maximum absolute atomic E-state index is 13.7. The van der Waals surface area contributed by atoms with Crippen LogP contribution < -0.4 is 4.74 Å². The molecule has 0 fully saturated rings. The van der Waals surface area contributed by atoms with Gasteiger partial charge in [-0.2, -0.15) is 0 Å². The monoisotopic (exact) mass is 511 g/mol. The van der Waals surface area contributed by atoms with Crippen molar-refractivity contribution in [3.63, 3.8) is 0 Å². The molecule has 2 aromatic carbocycles. The second kappa shape index (κ2) is 10.4. The number of ether oxygens (including phenoxy) is 1. The van der Waals surface area contributed by atoms with Crippen LogP contribution in [0, 0.1) is 13.8 Å². The van der Waals surface area contributed by atoms with Crippen LogP contribution in [-0.4, -0.2) is 31.7 Å². The summed E-state index contributed by atoms with van der Waals surface area (Å²) >= 11 is 1.25. The van der Waals surface area contributed by atoms with Crippen molar-refractivity contribution in [2.24, 2.45) is 0 Å². The third-order valence-electron chi connectivity index (χ3n) is 6.16. The summed E-state index contributed by atoms with van der Waals surface area (Å²) in [6.07, 6.45) is 3.32. The highest BCUT2D eigenvalue weighted by Crippen LogP contribution is 2.41. The van der Waals surface area contributed by atoms with Gasteiger partial charge in [-0.25, -0.2) is 4.98 Å². The lowest BCUT2D eigenvalue weighted by molar-refractivity contribution is -0.130. The van der Waals surface area contributed by atoms with Crippen LogP contribution in [0.25, 0.3) is 0 Å². The molecule has 0 saturated heterocycles. The largest absolute Gasteiger partial charge is 0.503 e. The fourth-order valence-corrected chi connectivity index (χ4v) is 5.34. The number of aromatic nitrogens is 2. The number of benzene rings is 2. The Hall–Kier alpha value is -4.30. The normalized spacial score (nSPS) is 15.4. The fraction of sp³-hybridized carbons (Fsp3) is 0.172. The number of aliphatic hydroxyl groups is 1. The highest BCUT2D eigenvalue weighted by atomic mass is 32.1. The van der Waals surface area contributed by atoms with Crippen molar-refractivity contribution >= 4 is 23.0 Å². The zero-order valence-electron chi connectivity index (χ0n) is 20.4. The minimum absolute atomic E-state index is 0.0425. The van der Waals surface area contributed by atoms with Crippen LogP contribution in [0.3, 0.4) is 0 Å². The van der Waals surface area contributed by atoms with E-state index < -0.39 is 23.5 Å². The first-order chi connectivity index (χ1) is 17.9. The zero-order valence-corrected chi connectivity index (χ0v) is 21.2. The predicted octanol–water partition coefficient (Wildman–Crippen LogP) is 5.51. The van der Waals surface area contributed by atoms with Gasteiger partial charge in [0.15, 0.2) is 5.76 Å². The smallest absolute Gasteiger partial charge is 0.290 e. The van der Waals surface area contributed by atoms with Gasteiger partial charge >= 0.3 is 0 Å². The fourth-order valence-electron chi connectivity index (χ4n) is 4.46. The summed E-state index contributed by atoms with van der Waals surface area (Å²) in [6.45, 7) is 4.13. The Labute approximate surface area is 218 Å². The van der Waals surface area contributed by atoms with Crippen molar-refractivity contribution in [2.75, 3.05) is 0 Å². The minimum atomic E-state index is -0.803. The Morgan fingerprint density at radius 2 is 1.84 bits per heavy atom. The summed E-state index contributed by atoms with van der Waals surface area (Å²) in [4.78, 5) is 37.5. The highest BCUT2D eigenvalue weighted by molar-refractivity contribution is 7.14. The van der Waals surface area contributed by atoms with Gasteiger partial charge in [0.1, 0.15) is 12.4 Å². The lowest BCUT2D eigenvalue weighted by atomic mass is 9.94. The van der Waals surface area contributed by atoms with E-state index in [0.717, 1.165) is 16.1 Å². The van der Waals surface area contributed by atoms with Gasteiger partial charge in [-0.15, -0.1) is 11.3 Å². The quantitative estimate of drug-likeness (QED) is 0.314. The van der Waals surface area contributed by atoms with Gasteiger partial charge in [-0.1, -0.05) is 48.5 Å². The molecule has 0 aliphatic carbocycles. The summed E-state index contributed by atoms with van der Waals surface area (Å²) in [5.41, 5.74) is 3.08. The van der Waals surface area contributed by atoms with Crippen molar-refractivity contribution < 1.29 is 19.4 Å². The van der Waals surface area contributed by atoms with Gasteiger partial charge in [-0.3, -0.25) is 14.6 Å². The number of hydrogen-bond donors (Lipinski definition) is 1. The van der Waals surface area contributed by atoms with Crippen LogP contribution in [0.5, 0.6) is 5.75 Å². The Kier molecular flexibility index (Phi) is 6.83. The number of aryl methyl sites for hydroxylation is 2. The molecule has 7 nitrogen and oxygen atoms in total. The maximum atomic E-state index is 13.7. The van der Waals surface area contributed by atoms with Crippen molar-refractivity contribution in [1.82, 2.24) is 14.9 Å². The Bertz CT molecular complexity index is 1480. The molecule has 1 aliphatic heterocycles. The minimum Gasteiger partial charge on any atom is -0.503 e. The third kappa shape index (κ3) is 5.01. The predicted molar refractivity (Wildman–Crippen MR) is 140 cm³/mol. The van der Waals surface area contributed by atoms with E-state index in [-0.39, 0.29) is 12.1 Å². The molecule has 8 heteroatoms. The van der Waals surface area contributed by atoms with Crippen LogP contribution in [0.2, 0.25) is 0 Å². The van der Waals surface area contributed by atoms with E-state index in [9.17, 15) is 14.7 Å². The highest BCUT2D eigenvalue weighted by Gasteiger charge is 2.44. The zero-order chi connectivity index (χ0) is 25.9. The SMILES string of the molecule is Cc1nc(C)c(C(=O)C2=C(O)C(=O)N(Cc3cccnc3)C2c2cccc(OCc3ccccc3)c2)s1. The molecule has 186 valence electrons. The molecule has 3 heterocycles. The Morgan fingerprint density at radius 1 is 1.05 bits per heavy atom. The van der Waals surface area contributed by atoms with Crippen LogP contribution >= 0.6 is 11.3 Å². The lowest BCUT2D eigenvalue weighted by Crippen LogP contribution is -2.30. The molecule has 1 aliphatic rings. The Morgan fingerprint density at radius 3 is 2.54 bits per heavy atom. The molecule has 1 atom stereocenters. The number of pyridine rings is 1. The van der Waals surface area contributed by atoms with Crippen LogP contribution in [-0.2, 0) is 17.9 Å². The molecule has 1 amide bonds. The summed E-state index contributed by atoms with van der Waals surface area (Å²) in [5.74, 6) is -0.951. The molecule has 0 bridgehead atoms. The van der Waals surface area contributed by atoms with E-state index >= 15 is 0 Å². The molecule has 0 saturated carbocycles. The molecule has 1 unspecified atom stereocenters. The van der Waals surface area contributed by atoms with Crippen LogP contribution in [0.1, 0.15) is 43.1 Å². The number of rotatable bonds is 8.